The number of anilines is 1. The number of nitrogens with zero attached hydrogens (tertiary/aromatic N) is 3. The molecule has 1 fully saturated rings. The molecular weight excluding hydrogens is 417 g/mol. The average molecular weight is 448 g/mol. The van der Waals surface area contributed by atoms with Crippen molar-refractivity contribution in [2.24, 2.45) is 0 Å². The van der Waals surface area contributed by atoms with Crippen LogP contribution in [0.15, 0.2) is 72.8 Å². The first kappa shape index (κ1) is 22.6. The second-order valence-corrected chi connectivity index (χ2v) is 8.44. The lowest BCUT2D eigenvalue weighted by molar-refractivity contribution is 0.0737. The van der Waals surface area contributed by atoms with Crippen LogP contribution in [0.3, 0.4) is 0 Å². The van der Waals surface area contributed by atoms with Crippen molar-refractivity contribution in [1.82, 2.24) is 9.47 Å². The Morgan fingerprint density at radius 2 is 1.85 bits per heavy atom. The number of ether oxygens (including phenoxy) is 1. The zero-order chi connectivity index (χ0) is 23.4. The summed E-state index contributed by atoms with van der Waals surface area (Å²) >= 11 is 0. The SMILES string of the molecule is C=CCOc1cccc2c1cc(C(=O)N1CCN(c3ccccc3F)CC1)n2CC=C(C)C. The van der Waals surface area contributed by atoms with E-state index in [2.05, 4.69) is 17.2 Å². The van der Waals surface area contributed by atoms with E-state index in [4.69, 9.17) is 4.74 Å². The van der Waals surface area contributed by atoms with Crippen LogP contribution >= 0.6 is 0 Å². The summed E-state index contributed by atoms with van der Waals surface area (Å²) in [7, 11) is 0. The maximum Gasteiger partial charge on any atom is 0.270 e. The summed E-state index contributed by atoms with van der Waals surface area (Å²) < 4.78 is 22.1. The third kappa shape index (κ3) is 4.80. The van der Waals surface area contributed by atoms with Crippen LogP contribution in [0.2, 0.25) is 0 Å². The molecule has 3 aromatic rings. The van der Waals surface area contributed by atoms with Crippen LogP contribution in [0.4, 0.5) is 10.1 Å². The number of allylic oxidation sites excluding steroid dienone is 2. The number of amides is 1. The molecule has 0 unspecified atom stereocenters. The second kappa shape index (κ2) is 9.94. The van der Waals surface area contributed by atoms with E-state index in [0.717, 1.165) is 16.7 Å². The standard InChI is InChI=1S/C27H30FN3O2/c1-4-18-33-26-11-7-10-23-21(26)19-25(31(23)13-12-20(2)3)27(32)30-16-14-29(15-17-30)24-9-6-5-8-22(24)28/h4-12,19H,1,13-18H2,2-3H3. The second-order valence-electron chi connectivity index (χ2n) is 8.44. The van der Waals surface area contributed by atoms with Gasteiger partial charge in [0.25, 0.3) is 5.91 Å². The van der Waals surface area contributed by atoms with Gasteiger partial charge in [0.15, 0.2) is 0 Å². The highest BCUT2D eigenvalue weighted by molar-refractivity contribution is 6.00. The molecule has 1 aromatic heterocycles. The molecule has 0 saturated carbocycles. The minimum atomic E-state index is -0.230. The number of para-hydroxylation sites is 1. The van der Waals surface area contributed by atoms with Gasteiger partial charge in [-0.25, -0.2) is 4.39 Å². The Balaban J connectivity index is 1.62. The topological polar surface area (TPSA) is 37.7 Å². The Labute approximate surface area is 194 Å². The summed E-state index contributed by atoms with van der Waals surface area (Å²) in [5.74, 6) is 0.490. The fourth-order valence-electron chi connectivity index (χ4n) is 4.20. The molecule has 2 heterocycles. The minimum absolute atomic E-state index is 0.0174. The maximum absolute atomic E-state index is 14.2. The molecule has 0 bridgehead atoms. The van der Waals surface area contributed by atoms with E-state index in [1.54, 1.807) is 18.2 Å². The van der Waals surface area contributed by atoms with Gasteiger partial charge < -0.3 is 19.1 Å². The number of hydrogen-bond acceptors (Lipinski definition) is 3. The van der Waals surface area contributed by atoms with Gasteiger partial charge in [0.05, 0.1) is 11.2 Å². The smallest absolute Gasteiger partial charge is 0.270 e. The predicted octanol–water partition coefficient (Wildman–Crippen LogP) is 5.27. The lowest BCUT2D eigenvalue weighted by Crippen LogP contribution is -2.49. The average Bonchev–Trinajstić information content (AvgIpc) is 3.20. The van der Waals surface area contributed by atoms with E-state index in [-0.39, 0.29) is 11.7 Å². The molecule has 6 heteroatoms. The predicted molar refractivity (Wildman–Crippen MR) is 132 cm³/mol. The third-order valence-corrected chi connectivity index (χ3v) is 5.92. The van der Waals surface area contributed by atoms with Crippen molar-refractivity contribution in [2.75, 3.05) is 37.7 Å². The highest BCUT2D eigenvalue weighted by Gasteiger charge is 2.26. The summed E-state index contributed by atoms with van der Waals surface area (Å²) in [6, 6.07) is 14.6. The zero-order valence-electron chi connectivity index (χ0n) is 19.3. The first-order valence-corrected chi connectivity index (χ1v) is 11.3. The van der Waals surface area contributed by atoms with Crippen LogP contribution in [-0.2, 0) is 6.54 Å². The molecule has 1 amide bonds. The number of carbonyl (C=O) groups excluding carboxylic acids is 1. The van der Waals surface area contributed by atoms with Crippen LogP contribution in [-0.4, -0.2) is 48.2 Å². The van der Waals surface area contributed by atoms with Gasteiger partial charge in [0.2, 0.25) is 0 Å². The molecule has 1 saturated heterocycles. The van der Waals surface area contributed by atoms with Crippen LogP contribution in [0.5, 0.6) is 5.75 Å². The monoisotopic (exact) mass is 447 g/mol. The van der Waals surface area contributed by atoms with Gasteiger partial charge in [-0.1, -0.05) is 42.5 Å². The van der Waals surface area contributed by atoms with Gasteiger partial charge in [-0.2, -0.15) is 0 Å². The van der Waals surface area contributed by atoms with Crippen LogP contribution in [0.1, 0.15) is 24.3 Å². The number of rotatable bonds is 7. The van der Waals surface area contributed by atoms with Crippen LogP contribution < -0.4 is 9.64 Å². The summed E-state index contributed by atoms with van der Waals surface area (Å²) in [5.41, 5.74) is 3.37. The number of carbonyl (C=O) groups is 1. The van der Waals surface area contributed by atoms with Crippen molar-refractivity contribution in [3.05, 3.63) is 84.3 Å². The molecule has 4 rings (SSSR count). The fourth-order valence-corrected chi connectivity index (χ4v) is 4.20. The van der Waals surface area contributed by atoms with Crippen molar-refractivity contribution >= 4 is 22.5 Å². The van der Waals surface area contributed by atoms with Gasteiger partial charge in [0, 0.05) is 38.1 Å². The van der Waals surface area contributed by atoms with Gasteiger partial charge in [-0.3, -0.25) is 4.79 Å². The molecule has 33 heavy (non-hydrogen) atoms. The lowest BCUT2D eigenvalue weighted by Gasteiger charge is -2.36. The molecule has 0 aliphatic carbocycles. The van der Waals surface area contributed by atoms with Crippen molar-refractivity contribution in [3.8, 4) is 5.75 Å². The number of piperazine rings is 1. The molecule has 1 aliphatic heterocycles. The summed E-state index contributed by atoms with van der Waals surface area (Å²) in [6.45, 7) is 11.1. The summed E-state index contributed by atoms with van der Waals surface area (Å²) in [4.78, 5) is 17.5. The van der Waals surface area contributed by atoms with E-state index in [9.17, 15) is 9.18 Å². The number of halogens is 1. The summed E-state index contributed by atoms with van der Waals surface area (Å²) in [6.07, 6.45) is 3.82. The van der Waals surface area contributed by atoms with Gasteiger partial charge in [-0.05, 0) is 44.2 Å². The Hall–Kier alpha value is -3.54. The zero-order valence-corrected chi connectivity index (χ0v) is 19.3. The Morgan fingerprint density at radius 3 is 2.55 bits per heavy atom. The van der Waals surface area contributed by atoms with E-state index in [1.165, 1.54) is 11.6 Å². The molecule has 0 atom stereocenters. The van der Waals surface area contributed by atoms with Crippen molar-refractivity contribution in [3.63, 3.8) is 0 Å². The highest BCUT2D eigenvalue weighted by Crippen LogP contribution is 2.30. The summed E-state index contributed by atoms with van der Waals surface area (Å²) in [5, 5.41) is 0.912. The number of hydrogen-bond donors (Lipinski definition) is 0. The third-order valence-electron chi connectivity index (χ3n) is 5.92. The van der Waals surface area contributed by atoms with Crippen LogP contribution in [0.25, 0.3) is 10.9 Å². The van der Waals surface area contributed by atoms with E-state index in [0.29, 0.717) is 50.7 Å². The Bertz CT molecular complexity index is 1190. The molecule has 0 spiro atoms. The first-order valence-electron chi connectivity index (χ1n) is 11.3. The molecule has 0 radical (unpaired) electrons. The largest absolute Gasteiger partial charge is 0.489 e. The molecular formula is C27H30FN3O2. The number of fused-ring (bicyclic) bond motifs is 1. The minimum Gasteiger partial charge on any atom is -0.489 e. The van der Waals surface area contributed by atoms with E-state index in [1.807, 2.05) is 54.0 Å². The van der Waals surface area contributed by atoms with Gasteiger partial charge in [0.1, 0.15) is 23.9 Å². The normalized spacial score (nSPS) is 13.8. The van der Waals surface area contributed by atoms with E-state index < -0.39 is 0 Å². The first-order chi connectivity index (χ1) is 16.0. The van der Waals surface area contributed by atoms with Gasteiger partial charge in [-0.15, -0.1) is 0 Å². The molecule has 0 N–H and O–H groups in total. The molecule has 1 aliphatic rings. The highest BCUT2D eigenvalue weighted by atomic mass is 19.1. The van der Waals surface area contributed by atoms with Crippen LogP contribution in [0, 0.1) is 5.82 Å². The van der Waals surface area contributed by atoms with Crippen molar-refractivity contribution in [1.29, 1.82) is 0 Å². The number of aromatic nitrogens is 1. The lowest BCUT2D eigenvalue weighted by atomic mass is 10.2. The Morgan fingerprint density at radius 1 is 1.09 bits per heavy atom. The van der Waals surface area contributed by atoms with Gasteiger partial charge >= 0.3 is 0 Å². The van der Waals surface area contributed by atoms with E-state index >= 15 is 0 Å². The van der Waals surface area contributed by atoms with Crippen molar-refractivity contribution < 1.29 is 13.9 Å². The maximum atomic E-state index is 14.2. The molecule has 2 aromatic carbocycles. The molecule has 172 valence electrons. The fraction of sp³-hybridized carbons (Fsp3) is 0.296. The number of benzene rings is 2. The quantitative estimate of drug-likeness (QED) is 0.463. The molecule has 5 nitrogen and oxygen atoms in total. The Kier molecular flexibility index (Phi) is 6.82. The van der Waals surface area contributed by atoms with Crippen molar-refractivity contribution in [2.45, 2.75) is 20.4 Å².